The van der Waals surface area contributed by atoms with Crippen LogP contribution in [0.15, 0.2) is 28.7 Å². The van der Waals surface area contributed by atoms with E-state index in [0.717, 1.165) is 10.0 Å². The van der Waals surface area contributed by atoms with Crippen molar-refractivity contribution in [1.29, 1.82) is 0 Å². The number of alkyl halides is 1. The molecule has 0 aliphatic carbocycles. The van der Waals surface area contributed by atoms with Crippen molar-refractivity contribution in [1.82, 2.24) is 0 Å². The zero-order valence-electron chi connectivity index (χ0n) is 6.23. The van der Waals surface area contributed by atoms with Gasteiger partial charge < -0.3 is 0 Å². The summed E-state index contributed by atoms with van der Waals surface area (Å²) in [5.41, 5.74) is 1.04. The summed E-state index contributed by atoms with van der Waals surface area (Å²) in [4.78, 5) is 0. The van der Waals surface area contributed by atoms with Gasteiger partial charge in [-0.1, -0.05) is 35.9 Å². The van der Waals surface area contributed by atoms with Crippen molar-refractivity contribution in [3.8, 4) is 0 Å². The van der Waals surface area contributed by atoms with Crippen LogP contribution in [0.5, 0.6) is 0 Å². The van der Waals surface area contributed by atoms with E-state index in [9.17, 15) is 0 Å². The highest BCUT2D eigenvalue weighted by Gasteiger charge is 1.98. The topological polar surface area (TPSA) is 0 Å². The van der Waals surface area contributed by atoms with Crippen LogP contribution in [-0.4, -0.2) is 5.88 Å². The molecular weight excluding hydrogens is 259 g/mol. The van der Waals surface area contributed by atoms with Crippen molar-refractivity contribution < 1.29 is 0 Å². The van der Waals surface area contributed by atoms with Crippen LogP contribution in [0, 0.1) is 0 Å². The van der Waals surface area contributed by atoms with Gasteiger partial charge in [0, 0.05) is 10.4 Å². The molecule has 0 heterocycles. The van der Waals surface area contributed by atoms with Gasteiger partial charge in [0.15, 0.2) is 0 Å². The molecule has 0 fully saturated rings. The van der Waals surface area contributed by atoms with Gasteiger partial charge in [-0.2, -0.15) is 0 Å². The summed E-state index contributed by atoms with van der Waals surface area (Å²) >= 11 is 14.8. The lowest BCUT2D eigenvalue weighted by atomic mass is 10.2. The fourth-order valence-corrected chi connectivity index (χ4v) is 1.49. The Hall–Kier alpha value is 0.0200. The number of halogens is 3. The fraction of sp³-hybridized carbons (Fsp3) is 0.111. The summed E-state index contributed by atoms with van der Waals surface area (Å²) in [6, 6.07) is 5.71. The van der Waals surface area contributed by atoms with Crippen molar-refractivity contribution in [2.24, 2.45) is 0 Å². The highest BCUT2D eigenvalue weighted by molar-refractivity contribution is 9.10. The minimum absolute atomic E-state index is 0.513. The highest BCUT2D eigenvalue weighted by atomic mass is 79.9. The average Bonchev–Trinajstić information content (AvgIpc) is 2.08. The van der Waals surface area contributed by atoms with E-state index in [1.165, 1.54) is 0 Å². The molecule has 0 atom stereocenters. The molecule has 0 bridgehead atoms. The van der Waals surface area contributed by atoms with Gasteiger partial charge in [-0.25, -0.2) is 0 Å². The van der Waals surface area contributed by atoms with Gasteiger partial charge in [0.2, 0.25) is 0 Å². The predicted octanol–water partition coefficient (Wildman–Crippen LogP) is 4.35. The van der Waals surface area contributed by atoms with Crippen LogP contribution >= 0.6 is 39.1 Å². The number of allylic oxidation sites excluding steroid dienone is 1. The maximum atomic E-state index is 5.88. The van der Waals surface area contributed by atoms with E-state index in [2.05, 4.69) is 15.9 Å². The molecular formula is C9H7BrCl2. The summed E-state index contributed by atoms with van der Waals surface area (Å²) in [6.45, 7) is 0. The third kappa shape index (κ3) is 2.51. The molecule has 0 unspecified atom stereocenters. The first kappa shape index (κ1) is 10.1. The molecule has 0 aliphatic rings. The van der Waals surface area contributed by atoms with E-state index in [-0.39, 0.29) is 0 Å². The second kappa shape index (κ2) is 4.90. The average molecular weight is 266 g/mol. The zero-order chi connectivity index (χ0) is 8.97. The lowest BCUT2D eigenvalue weighted by Gasteiger charge is -1.99. The second-order valence-electron chi connectivity index (χ2n) is 2.20. The van der Waals surface area contributed by atoms with E-state index in [1.54, 1.807) is 0 Å². The molecule has 0 nitrogen and oxygen atoms in total. The van der Waals surface area contributed by atoms with Crippen LogP contribution < -0.4 is 0 Å². The first-order valence-corrected chi connectivity index (χ1v) is 5.12. The summed E-state index contributed by atoms with van der Waals surface area (Å²) in [5.74, 6) is 0.513. The fourth-order valence-electron chi connectivity index (χ4n) is 0.821. The van der Waals surface area contributed by atoms with Crippen molar-refractivity contribution in [3.63, 3.8) is 0 Å². The van der Waals surface area contributed by atoms with Crippen molar-refractivity contribution in [2.45, 2.75) is 0 Å². The van der Waals surface area contributed by atoms with Crippen LogP contribution in [0.4, 0.5) is 0 Å². The van der Waals surface area contributed by atoms with Gasteiger partial charge in [-0.3, -0.25) is 0 Å². The normalized spacial score (nSPS) is 10.9. The molecule has 0 amide bonds. The largest absolute Gasteiger partial charge is 0.122 e. The minimum atomic E-state index is 0.513. The Balaban J connectivity index is 3.00. The first-order valence-electron chi connectivity index (χ1n) is 3.42. The molecule has 12 heavy (non-hydrogen) atoms. The van der Waals surface area contributed by atoms with E-state index in [4.69, 9.17) is 23.2 Å². The third-order valence-electron chi connectivity index (χ3n) is 1.37. The van der Waals surface area contributed by atoms with E-state index in [0.29, 0.717) is 10.9 Å². The monoisotopic (exact) mass is 264 g/mol. The van der Waals surface area contributed by atoms with Crippen LogP contribution in [0.25, 0.3) is 6.08 Å². The lowest BCUT2D eigenvalue weighted by Crippen LogP contribution is -1.76. The Kier molecular flexibility index (Phi) is 4.13. The SMILES string of the molecule is ClCC=Cc1cccc(Cl)c1Br. The summed E-state index contributed by atoms with van der Waals surface area (Å²) < 4.78 is 0.910. The number of benzene rings is 1. The quantitative estimate of drug-likeness (QED) is 0.698. The summed E-state index contributed by atoms with van der Waals surface area (Å²) in [5, 5.41) is 0.715. The molecule has 0 aliphatic heterocycles. The maximum absolute atomic E-state index is 5.88. The molecule has 1 aromatic carbocycles. The number of hydrogen-bond acceptors (Lipinski definition) is 0. The van der Waals surface area contributed by atoms with Gasteiger partial charge in [0.25, 0.3) is 0 Å². The Morgan fingerprint density at radius 3 is 2.83 bits per heavy atom. The van der Waals surface area contributed by atoms with Gasteiger partial charge in [0.1, 0.15) is 0 Å². The zero-order valence-corrected chi connectivity index (χ0v) is 9.33. The maximum Gasteiger partial charge on any atom is 0.0554 e. The molecule has 0 saturated heterocycles. The smallest absolute Gasteiger partial charge is 0.0554 e. The minimum Gasteiger partial charge on any atom is -0.122 e. The van der Waals surface area contributed by atoms with E-state index < -0.39 is 0 Å². The third-order valence-corrected chi connectivity index (χ3v) is 2.97. The number of hydrogen-bond donors (Lipinski definition) is 0. The summed E-state index contributed by atoms with van der Waals surface area (Å²) in [7, 11) is 0. The van der Waals surface area contributed by atoms with Crippen LogP contribution in [0.3, 0.4) is 0 Å². The molecule has 0 radical (unpaired) electrons. The summed E-state index contributed by atoms with van der Waals surface area (Å²) in [6.07, 6.45) is 3.81. The Morgan fingerprint density at radius 2 is 2.17 bits per heavy atom. The van der Waals surface area contributed by atoms with Gasteiger partial charge >= 0.3 is 0 Å². The Bertz CT molecular complexity index is 295. The van der Waals surface area contributed by atoms with Crippen LogP contribution in [0.1, 0.15) is 5.56 Å². The van der Waals surface area contributed by atoms with Gasteiger partial charge in [-0.15, -0.1) is 11.6 Å². The van der Waals surface area contributed by atoms with E-state index >= 15 is 0 Å². The molecule has 3 heteroatoms. The first-order chi connectivity index (χ1) is 5.75. The van der Waals surface area contributed by atoms with Crippen molar-refractivity contribution in [3.05, 3.63) is 39.3 Å². The Labute approximate surface area is 90.3 Å². The lowest BCUT2D eigenvalue weighted by molar-refractivity contribution is 1.59. The van der Waals surface area contributed by atoms with Crippen LogP contribution in [-0.2, 0) is 0 Å². The van der Waals surface area contributed by atoms with E-state index in [1.807, 2.05) is 30.4 Å². The Morgan fingerprint density at radius 1 is 1.42 bits per heavy atom. The second-order valence-corrected chi connectivity index (χ2v) is 3.71. The molecule has 1 rings (SSSR count). The molecule has 0 aromatic heterocycles. The van der Waals surface area contributed by atoms with Crippen LogP contribution in [0.2, 0.25) is 5.02 Å². The predicted molar refractivity (Wildman–Crippen MR) is 58.9 cm³/mol. The van der Waals surface area contributed by atoms with Crippen molar-refractivity contribution in [2.75, 3.05) is 5.88 Å². The molecule has 0 N–H and O–H groups in total. The molecule has 0 saturated carbocycles. The van der Waals surface area contributed by atoms with Gasteiger partial charge in [-0.05, 0) is 27.6 Å². The van der Waals surface area contributed by atoms with Gasteiger partial charge in [0.05, 0.1) is 5.02 Å². The molecule has 0 spiro atoms. The number of rotatable bonds is 2. The highest BCUT2D eigenvalue weighted by Crippen LogP contribution is 2.26. The molecule has 64 valence electrons. The standard InChI is InChI=1S/C9H7BrCl2/c10-9-7(4-2-6-11)3-1-5-8(9)12/h1-5H,6H2. The molecule has 1 aromatic rings. The van der Waals surface area contributed by atoms with Crippen molar-refractivity contribution >= 4 is 45.2 Å².